The SMILES string of the molecule is OCCC(CNCc1ccco1)c1ccccc1. The van der Waals surface area contributed by atoms with Gasteiger partial charge in [0, 0.05) is 13.2 Å². The van der Waals surface area contributed by atoms with Crippen LogP contribution >= 0.6 is 0 Å². The smallest absolute Gasteiger partial charge is 0.117 e. The predicted molar refractivity (Wildman–Crippen MR) is 71.3 cm³/mol. The number of benzene rings is 1. The highest BCUT2D eigenvalue weighted by atomic mass is 16.3. The summed E-state index contributed by atoms with van der Waals surface area (Å²) >= 11 is 0. The van der Waals surface area contributed by atoms with Crippen molar-refractivity contribution in [2.45, 2.75) is 18.9 Å². The van der Waals surface area contributed by atoms with E-state index in [1.54, 1.807) is 6.26 Å². The Balaban J connectivity index is 1.87. The Hall–Kier alpha value is -1.58. The van der Waals surface area contributed by atoms with Gasteiger partial charge < -0.3 is 14.8 Å². The van der Waals surface area contributed by atoms with Crippen molar-refractivity contribution in [1.29, 1.82) is 0 Å². The first-order valence-corrected chi connectivity index (χ1v) is 6.29. The molecule has 1 atom stereocenters. The summed E-state index contributed by atoms with van der Waals surface area (Å²) in [5.74, 6) is 1.27. The number of hydrogen-bond acceptors (Lipinski definition) is 3. The van der Waals surface area contributed by atoms with Crippen molar-refractivity contribution < 1.29 is 9.52 Å². The first-order chi connectivity index (χ1) is 8.90. The Kier molecular flexibility index (Phi) is 5.00. The number of hydrogen-bond donors (Lipinski definition) is 2. The molecule has 2 aromatic rings. The van der Waals surface area contributed by atoms with E-state index in [-0.39, 0.29) is 6.61 Å². The minimum atomic E-state index is 0.210. The molecule has 2 N–H and O–H groups in total. The second kappa shape index (κ2) is 6.99. The van der Waals surface area contributed by atoms with Gasteiger partial charge in [0.25, 0.3) is 0 Å². The zero-order chi connectivity index (χ0) is 12.6. The summed E-state index contributed by atoms with van der Waals surface area (Å²) in [6, 6.07) is 14.1. The maximum atomic E-state index is 9.14. The number of nitrogens with one attached hydrogen (secondary N) is 1. The highest BCUT2D eigenvalue weighted by Gasteiger charge is 2.10. The third-order valence-electron chi connectivity index (χ3n) is 3.02. The fourth-order valence-corrected chi connectivity index (χ4v) is 2.05. The molecule has 0 saturated carbocycles. The molecule has 1 heterocycles. The Bertz CT molecular complexity index is 425. The molecule has 96 valence electrons. The zero-order valence-corrected chi connectivity index (χ0v) is 10.4. The van der Waals surface area contributed by atoms with Crippen LogP contribution in [0, 0.1) is 0 Å². The molecule has 0 amide bonds. The quantitative estimate of drug-likeness (QED) is 0.788. The van der Waals surface area contributed by atoms with Gasteiger partial charge >= 0.3 is 0 Å². The van der Waals surface area contributed by atoms with E-state index in [9.17, 15) is 0 Å². The first kappa shape index (κ1) is 12.9. The van der Waals surface area contributed by atoms with Crippen LogP contribution in [0.2, 0.25) is 0 Å². The van der Waals surface area contributed by atoms with Crippen LogP contribution < -0.4 is 5.32 Å². The Morgan fingerprint density at radius 2 is 1.94 bits per heavy atom. The molecule has 0 aliphatic rings. The van der Waals surface area contributed by atoms with E-state index >= 15 is 0 Å². The molecule has 1 aromatic heterocycles. The number of aliphatic hydroxyl groups excluding tert-OH is 1. The van der Waals surface area contributed by atoms with Crippen molar-refractivity contribution in [2.75, 3.05) is 13.2 Å². The van der Waals surface area contributed by atoms with E-state index in [4.69, 9.17) is 9.52 Å². The molecule has 0 fully saturated rings. The van der Waals surface area contributed by atoms with Crippen molar-refractivity contribution in [2.24, 2.45) is 0 Å². The minimum Gasteiger partial charge on any atom is -0.468 e. The normalized spacial score (nSPS) is 12.5. The van der Waals surface area contributed by atoms with Crippen molar-refractivity contribution in [3.05, 3.63) is 60.1 Å². The molecule has 3 nitrogen and oxygen atoms in total. The lowest BCUT2D eigenvalue weighted by atomic mass is 9.96. The molecular weight excluding hydrogens is 226 g/mol. The highest BCUT2D eigenvalue weighted by molar-refractivity contribution is 5.19. The van der Waals surface area contributed by atoms with Gasteiger partial charge in [-0.05, 0) is 30.0 Å². The Labute approximate surface area is 107 Å². The van der Waals surface area contributed by atoms with Gasteiger partial charge in [-0.25, -0.2) is 0 Å². The van der Waals surface area contributed by atoms with Crippen LogP contribution in [0.15, 0.2) is 53.1 Å². The molecule has 1 unspecified atom stereocenters. The third kappa shape index (κ3) is 3.72. The van der Waals surface area contributed by atoms with Crippen LogP contribution in [-0.2, 0) is 6.54 Å². The molecule has 0 bridgehead atoms. The van der Waals surface area contributed by atoms with E-state index in [0.717, 1.165) is 25.3 Å². The molecule has 0 spiro atoms. The second-order valence-corrected chi connectivity index (χ2v) is 4.33. The van der Waals surface area contributed by atoms with Crippen molar-refractivity contribution in [1.82, 2.24) is 5.32 Å². The lowest BCUT2D eigenvalue weighted by Crippen LogP contribution is -2.21. The summed E-state index contributed by atoms with van der Waals surface area (Å²) in [6.07, 6.45) is 2.45. The van der Waals surface area contributed by atoms with Gasteiger partial charge in [-0.15, -0.1) is 0 Å². The van der Waals surface area contributed by atoms with Crippen LogP contribution in [0.1, 0.15) is 23.7 Å². The molecule has 0 aliphatic carbocycles. The number of aliphatic hydroxyl groups is 1. The molecule has 18 heavy (non-hydrogen) atoms. The average Bonchev–Trinajstić information content (AvgIpc) is 2.92. The largest absolute Gasteiger partial charge is 0.468 e. The maximum absolute atomic E-state index is 9.14. The minimum absolute atomic E-state index is 0.210. The first-order valence-electron chi connectivity index (χ1n) is 6.29. The maximum Gasteiger partial charge on any atom is 0.117 e. The summed E-state index contributed by atoms with van der Waals surface area (Å²) in [7, 11) is 0. The van der Waals surface area contributed by atoms with E-state index in [1.165, 1.54) is 5.56 Å². The second-order valence-electron chi connectivity index (χ2n) is 4.33. The molecule has 0 aliphatic heterocycles. The fourth-order valence-electron chi connectivity index (χ4n) is 2.05. The predicted octanol–water partition coefficient (Wildman–Crippen LogP) is 2.54. The van der Waals surface area contributed by atoms with E-state index < -0.39 is 0 Å². The molecule has 1 aromatic carbocycles. The molecule has 3 heteroatoms. The van der Waals surface area contributed by atoms with E-state index in [1.807, 2.05) is 30.3 Å². The molecule has 2 rings (SSSR count). The summed E-state index contributed by atoms with van der Waals surface area (Å²) < 4.78 is 5.27. The number of furan rings is 1. The summed E-state index contributed by atoms with van der Waals surface area (Å²) in [4.78, 5) is 0. The Morgan fingerprint density at radius 1 is 1.11 bits per heavy atom. The monoisotopic (exact) mass is 245 g/mol. The van der Waals surface area contributed by atoms with Crippen LogP contribution in [-0.4, -0.2) is 18.3 Å². The average molecular weight is 245 g/mol. The molecular formula is C15H19NO2. The molecule has 0 saturated heterocycles. The summed E-state index contributed by atoms with van der Waals surface area (Å²) in [6.45, 7) is 1.77. The number of rotatable bonds is 7. The molecule has 0 radical (unpaired) electrons. The van der Waals surface area contributed by atoms with E-state index in [0.29, 0.717) is 5.92 Å². The van der Waals surface area contributed by atoms with Crippen LogP contribution in [0.25, 0.3) is 0 Å². The van der Waals surface area contributed by atoms with Crippen molar-refractivity contribution >= 4 is 0 Å². The van der Waals surface area contributed by atoms with Gasteiger partial charge in [-0.3, -0.25) is 0 Å². The van der Waals surface area contributed by atoms with Gasteiger partial charge in [0.05, 0.1) is 12.8 Å². The van der Waals surface area contributed by atoms with Gasteiger partial charge in [0.1, 0.15) is 5.76 Å². The van der Waals surface area contributed by atoms with Crippen LogP contribution in [0.3, 0.4) is 0 Å². The van der Waals surface area contributed by atoms with Crippen molar-refractivity contribution in [3.8, 4) is 0 Å². The lowest BCUT2D eigenvalue weighted by Gasteiger charge is -2.16. The standard InChI is InChI=1S/C15H19NO2/c17-9-8-14(13-5-2-1-3-6-13)11-16-12-15-7-4-10-18-15/h1-7,10,14,16-17H,8-9,11-12H2. The fraction of sp³-hybridized carbons (Fsp3) is 0.333. The van der Waals surface area contributed by atoms with Crippen LogP contribution in [0.5, 0.6) is 0 Å². The van der Waals surface area contributed by atoms with E-state index in [2.05, 4.69) is 17.4 Å². The highest BCUT2D eigenvalue weighted by Crippen LogP contribution is 2.18. The third-order valence-corrected chi connectivity index (χ3v) is 3.02. The summed E-state index contributed by atoms with van der Waals surface area (Å²) in [5.41, 5.74) is 1.26. The topological polar surface area (TPSA) is 45.4 Å². The van der Waals surface area contributed by atoms with Crippen LogP contribution in [0.4, 0.5) is 0 Å². The lowest BCUT2D eigenvalue weighted by molar-refractivity contribution is 0.273. The van der Waals surface area contributed by atoms with Gasteiger partial charge in [-0.2, -0.15) is 0 Å². The summed E-state index contributed by atoms with van der Waals surface area (Å²) in [5, 5.41) is 12.5. The zero-order valence-electron chi connectivity index (χ0n) is 10.4. The Morgan fingerprint density at radius 3 is 2.61 bits per heavy atom. The van der Waals surface area contributed by atoms with Crippen molar-refractivity contribution in [3.63, 3.8) is 0 Å². The van der Waals surface area contributed by atoms with Gasteiger partial charge in [0.2, 0.25) is 0 Å². The van der Waals surface area contributed by atoms with Gasteiger partial charge in [0.15, 0.2) is 0 Å². The van der Waals surface area contributed by atoms with Gasteiger partial charge in [-0.1, -0.05) is 30.3 Å².